The third-order valence-electron chi connectivity index (χ3n) is 4.02. The van der Waals surface area contributed by atoms with Crippen LogP contribution in [-0.2, 0) is 9.31 Å². The molecule has 1 aliphatic heterocycles. The SMILES string of the molecule is Cc1cc(B2OC(C)(C)C(C)(C)O2)cc([N+](=O)[O-])c1O. The van der Waals surface area contributed by atoms with E-state index in [0.29, 0.717) is 11.0 Å². The predicted octanol–water partition coefficient (Wildman–Crippen LogP) is 1.91. The molecular formula is C13H18BNO5. The van der Waals surface area contributed by atoms with Crippen LogP contribution in [0.2, 0.25) is 0 Å². The summed E-state index contributed by atoms with van der Waals surface area (Å²) in [6, 6.07) is 2.94. The van der Waals surface area contributed by atoms with Gasteiger partial charge in [-0.3, -0.25) is 10.1 Å². The summed E-state index contributed by atoms with van der Waals surface area (Å²) in [5.41, 5.74) is -0.416. The second-order valence-electron chi connectivity index (χ2n) is 6.05. The highest BCUT2D eigenvalue weighted by molar-refractivity contribution is 6.62. The lowest BCUT2D eigenvalue weighted by molar-refractivity contribution is -0.385. The van der Waals surface area contributed by atoms with E-state index in [2.05, 4.69) is 0 Å². The van der Waals surface area contributed by atoms with Crippen LogP contribution in [0.4, 0.5) is 5.69 Å². The van der Waals surface area contributed by atoms with Crippen molar-refractivity contribution in [1.29, 1.82) is 0 Å². The highest BCUT2D eigenvalue weighted by Gasteiger charge is 2.52. The molecule has 1 fully saturated rings. The standard InChI is InChI=1S/C13H18BNO5/c1-8-6-9(7-10(11(8)16)15(17)18)14-19-12(2,3)13(4,5)20-14/h6-7,16H,1-5H3. The lowest BCUT2D eigenvalue weighted by Crippen LogP contribution is -2.41. The molecule has 0 aliphatic carbocycles. The number of nitrogens with zero attached hydrogens (tertiary/aromatic N) is 1. The van der Waals surface area contributed by atoms with Crippen LogP contribution >= 0.6 is 0 Å². The van der Waals surface area contributed by atoms with Crippen molar-refractivity contribution in [2.45, 2.75) is 45.8 Å². The van der Waals surface area contributed by atoms with Gasteiger partial charge in [-0.2, -0.15) is 0 Å². The summed E-state index contributed by atoms with van der Waals surface area (Å²) < 4.78 is 11.7. The largest absolute Gasteiger partial charge is 0.502 e. The number of hydrogen-bond acceptors (Lipinski definition) is 5. The molecule has 0 aromatic heterocycles. The Labute approximate surface area is 118 Å². The van der Waals surface area contributed by atoms with Crippen LogP contribution in [0.15, 0.2) is 12.1 Å². The van der Waals surface area contributed by atoms with Gasteiger partial charge in [-0.05, 0) is 45.6 Å². The van der Waals surface area contributed by atoms with E-state index in [4.69, 9.17) is 9.31 Å². The number of aromatic hydroxyl groups is 1. The zero-order chi connectivity index (χ0) is 15.3. The molecule has 0 amide bonds. The van der Waals surface area contributed by atoms with Gasteiger partial charge >= 0.3 is 12.8 Å². The Kier molecular flexibility index (Phi) is 3.30. The molecular weight excluding hydrogens is 261 g/mol. The molecule has 1 aliphatic rings. The Hall–Kier alpha value is -1.60. The van der Waals surface area contributed by atoms with E-state index in [1.807, 2.05) is 27.7 Å². The van der Waals surface area contributed by atoms with E-state index < -0.39 is 23.2 Å². The van der Waals surface area contributed by atoms with Crippen molar-refractivity contribution in [2.24, 2.45) is 0 Å². The topological polar surface area (TPSA) is 81.8 Å². The Morgan fingerprint density at radius 3 is 2.15 bits per heavy atom. The van der Waals surface area contributed by atoms with Gasteiger partial charge in [0.1, 0.15) is 0 Å². The van der Waals surface area contributed by atoms with E-state index in [1.165, 1.54) is 6.07 Å². The van der Waals surface area contributed by atoms with Gasteiger partial charge in [0.05, 0.1) is 16.1 Å². The first-order chi connectivity index (χ1) is 9.05. The van der Waals surface area contributed by atoms with Gasteiger partial charge in [0.2, 0.25) is 0 Å². The molecule has 1 heterocycles. The normalized spacial score (nSPS) is 20.1. The van der Waals surface area contributed by atoms with Crippen LogP contribution in [0, 0.1) is 17.0 Å². The van der Waals surface area contributed by atoms with Crippen LogP contribution in [0.5, 0.6) is 5.75 Å². The van der Waals surface area contributed by atoms with E-state index in [-0.39, 0.29) is 11.4 Å². The minimum atomic E-state index is -0.682. The minimum absolute atomic E-state index is 0.324. The van der Waals surface area contributed by atoms with E-state index >= 15 is 0 Å². The number of aryl methyl sites for hydroxylation is 1. The summed E-state index contributed by atoms with van der Waals surface area (Å²) in [5.74, 6) is -0.324. The third kappa shape index (κ3) is 2.27. The van der Waals surface area contributed by atoms with Crippen molar-refractivity contribution < 1.29 is 19.3 Å². The fraction of sp³-hybridized carbons (Fsp3) is 0.538. The summed E-state index contributed by atoms with van der Waals surface area (Å²) in [6.07, 6.45) is 0. The molecule has 1 aromatic carbocycles. The molecule has 108 valence electrons. The quantitative estimate of drug-likeness (QED) is 0.508. The number of nitro groups is 1. The van der Waals surface area contributed by atoms with Gasteiger partial charge in [0, 0.05) is 6.07 Å². The molecule has 7 heteroatoms. The van der Waals surface area contributed by atoms with Crippen molar-refractivity contribution >= 4 is 18.3 Å². The fourth-order valence-electron chi connectivity index (χ4n) is 2.04. The summed E-state index contributed by atoms with van der Waals surface area (Å²) in [7, 11) is -0.682. The van der Waals surface area contributed by atoms with Crippen LogP contribution in [0.1, 0.15) is 33.3 Å². The second kappa shape index (κ2) is 4.46. The van der Waals surface area contributed by atoms with E-state index in [1.54, 1.807) is 13.0 Å². The van der Waals surface area contributed by atoms with Gasteiger partial charge in [-0.25, -0.2) is 0 Å². The molecule has 0 saturated carbocycles. The first kappa shape index (κ1) is 14.8. The molecule has 0 unspecified atom stereocenters. The molecule has 0 radical (unpaired) electrons. The molecule has 1 saturated heterocycles. The zero-order valence-electron chi connectivity index (χ0n) is 12.3. The number of phenols is 1. The van der Waals surface area contributed by atoms with Gasteiger partial charge < -0.3 is 14.4 Å². The van der Waals surface area contributed by atoms with Crippen molar-refractivity contribution in [3.8, 4) is 5.75 Å². The molecule has 0 bridgehead atoms. The van der Waals surface area contributed by atoms with Crippen LogP contribution in [-0.4, -0.2) is 28.4 Å². The van der Waals surface area contributed by atoms with Gasteiger partial charge in [0.15, 0.2) is 5.75 Å². The zero-order valence-corrected chi connectivity index (χ0v) is 12.3. The van der Waals surface area contributed by atoms with Gasteiger partial charge in [-0.1, -0.05) is 6.07 Å². The average molecular weight is 279 g/mol. The maximum Gasteiger partial charge on any atom is 0.495 e. The van der Waals surface area contributed by atoms with Crippen LogP contribution in [0.25, 0.3) is 0 Å². The molecule has 1 N–H and O–H groups in total. The van der Waals surface area contributed by atoms with Crippen molar-refractivity contribution in [3.63, 3.8) is 0 Å². The minimum Gasteiger partial charge on any atom is -0.502 e. The lowest BCUT2D eigenvalue weighted by atomic mass is 9.78. The number of phenolic OH excluding ortho intramolecular Hbond substituents is 1. The van der Waals surface area contributed by atoms with Crippen molar-refractivity contribution in [3.05, 3.63) is 27.8 Å². The Morgan fingerprint density at radius 1 is 1.20 bits per heavy atom. The number of nitro benzene ring substituents is 1. The summed E-state index contributed by atoms with van der Waals surface area (Å²) in [6.45, 7) is 9.25. The van der Waals surface area contributed by atoms with Crippen molar-refractivity contribution in [2.75, 3.05) is 0 Å². The lowest BCUT2D eigenvalue weighted by Gasteiger charge is -2.32. The predicted molar refractivity (Wildman–Crippen MR) is 75.2 cm³/mol. The highest BCUT2D eigenvalue weighted by Crippen LogP contribution is 2.37. The number of benzene rings is 1. The van der Waals surface area contributed by atoms with Gasteiger partial charge in [-0.15, -0.1) is 0 Å². The molecule has 0 spiro atoms. The molecule has 0 atom stereocenters. The smallest absolute Gasteiger partial charge is 0.495 e. The number of rotatable bonds is 2. The Balaban J connectivity index is 2.43. The summed E-state index contributed by atoms with van der Waals surface area (Å²) in [4.78, 5) is 10.3. The molecule has 2 rings (SSSR count). The Morgan fingerprint density at radius 2 is 1.70 bits per heavy atom. The highest BCUT2D eigenvalue weighted by atomic mass is 16.7. The number of hydrogen-bond donors (Lipinski definition) is 1. The van der Waals surface area contributed by atoms with Crippen LogP contribution < -0.4 is 5.46 Å². The molecule has 1 aromatic rings. The van der Waals surface area contributed by atoms with E-state index in [9.17, 15) is 15.2 Å². The second-order valence-corrected chi connectivity index (χ2v) is 6.05. The first-order valence-electron chi connectivity index (χ1n) is 6.39. The average Bonchev–Trinajstić information content (AvgIpc) is 2.51. The third-order valence-corrected chi connectivity index (χ3v) is 4.02. The van der Waals surface area contributed by atoms with Crippen molar-refractivity contribution in [1.82, 2.24) is 0 Å². The fourth-order valence-corrected chi connectivity index (χ4v) is 2.04. The Bertz CT molecular complexity index is 554. The summed E-state index contributed by atoms with van der Waals surface area (Å²) >= 11 is 0. The summed E-state index contributed by atoms with van der Waals surface area (Å²) in [5, 5.41) is 20.7. The van der Waals surface area contributed by atoms with Gasteiger partial charge in [0.25, 0.3) is 0 Å². The maximum atomic E-state index is 11.0. The molecule has 20 heavy (non-hydrogen) atoms. The molecule has 6 nitrogen and oxygen atoms in total. The van der Waals surface area contributed by atoms with E-state index in [0.717, 1.165) is 0 Å². The maximum absolute atomic E-state index is 11.0. The monoisotopic (exact) mass is 279 g/mol. The first-order valence-corrected chi connectivity index (χ1v) is 6.39. The van der Waals surface area contributed by atoms with Crippen LogP contribution in [0.3, 0.4) is 0 Å².